The summed E-state index contributed by atoms with van der Waals surface area (Å²) in [6.45, 7) is 0. The van der Waals surface area contributed by atoms with Crippen LogP contribution in [0.2, 0.25) is 0 Å². The number of pyridine rings is 1. The summed E-state index contributed by atoms with van der Waals surface area (Å²) in [5.41, 5.74) is 1.22. The van der Waals surface area contributed by atoms with Gasteiger partial charge in [-0.2, -0.15) is 5.26 Å². The van der Waals surface area contributed by atoms with Crippen LogP contribution in [0.4, 0.5) is 5.69 Å². The van der Waals surface area contributed by atoms with Gasteiger partial charge in [0.15, 0.2) is 0 Å². The molecule has 1 amide bonds. The highest BCUT2D eigenvalue weighted by Crippen LogP contribution is 2.17. The normalized spacial score (nSPS) is 9.47. The number of anilines is 1. The van der Waals surface area contributed by atoms with Gasteiger partial charge in [-0.05, 0) is 24.3 Å². The van der Waals surface area contributed by atoms with Crippen molar-refractivity contribution < 1.29 is 9.53 Å². The van der Waals surface area contributed by atoms with E-state index >= 15 is 0 Å². The monoisotopic (exact) mass is 253 g/mol. The Morgan fingerprint density at radius 3 is 2.95 bits per heavy atom. The number of hydrogen-bond acceptors (Lipinski definition) is 4. The Morgan fingerprint density at radius 1 is 1.37 bits per heavy atom. The molecule has 94 valence electrons. The van der Waals surface area contributed by atoms with Crippen molar-refractivity contribution >= 4 is 11.6 Å². The summed E-state index contributed by atoms with van der Waals surface area (Å²) in [5, 5.41) is 11.5. The molecule has 0 aliphatic carbocycles. The first kappa shape index (κ1) is 12.6. The topological polar surface area (TPSA) is 75.0 Å². The fourth-order valence-corrected chi connectivity index (χ4v) is 1.54. The molecule has 0 fully saturated rings. The van der Waals surface area contributed by atoms with E-state index < -0.39 is 0 Å². The smallest absolute Gasteiger partial charge is 0.255 e. The van der Waals surface area contributed by atoms with E-state index in [4.69, 9.17) is 10.00 Å². The molecule has 0 spiro atoms. The van der Waals surface area contributed by atoms with E-state index in [1.807, 2.05) is 6.07 Å². The minimum atomic E-state index is -0.299. The standard InChI is InChI=1S/C14H11N3O2/c1-19-13-4-2-3-11(8-13)17-14(18)10-5-6-16-12(7-10)9-15/h2-8H,1H3,(H,17,18). The molecule has 0 aliphatic rings. The number of hydrogen-bond donors (Lipinski definition) is 1. The average Bonchev–Trinajstić information content (AvgIpc) is 2.47. The van der Waals surface area contributed by atoms with Gasteiger partial charge in [0.05, 0.1) is 7.11 Å². The number of methoxy groups -OCH3 is 1. The molecule has 19 heavy (non-hydrogen) atoms. The number of benzene rings is 1. The van der Waals surface area contributed by atoms with E-state index in [9.17, 15) is 4.79 Å². The predicted octanol–water partition coefficient (Wildman–Crippen LogP) is 2.21. The molecule has 1 aromatic carbocycles. The van der Waals surface area contributed by atoms with Crippen molar-refractivity contribution in [3.05, 3.63) is 53.9 Å². The van der Waals surface area contributed by atoms with Gasteiger partial charge in [-0.1, -0.05) is 6.07 Å². The number of carbonyl (C=O) groups is 1. The van der Waals surface area contributed by atoms with Gasteiger partial charge in [0.2, 0.25) is 0 Å². The molecule has 5 nitrogen and oxygen atoms in total. The number of nitrogens with zero attached hydrogens (tertiary/aromatic N) is 2. The van der Waals surface area contributed by atoms with Gasteiger partial charge in [0.1, 0.15) is 17.5 Å². The summed E-state index contributed by atoms with van der Waals surface area (Å²) >= 11 is 0. The molecule has 0 atom stereocenters. The van der Waals surface area contributed by atoms with Crippen LogP contribution in [0, 0.1) is 11.3 Å². The Morgan fingerprint density at radius 2 is 2.21 bits per heavy atom. The average molecular weight is 253 g/mol. The lowest BCUT2D eigenvalue weighted by Crippen LogP contribution is -2.12. The lowest BCUT2D eigenvalue weighted by Gasteiger charge is -2.06. The second-order valence-electron chi connectivity index (χ2n) is 3.73. The van der Waals surface area contributed by atoms with Gasteiger partial charge in [-0.3, -0.25) is 4.79 Å². The first-order valence-corrected chi connectivity index (χ1v) is 5.54. The van der Waals surface area contributed by atoms with Crippen LogP contribution < -0.4 is 10.1 Å². The van der Waals surface area contributed by atoms with Crippen molar-refractivity contribution in [3.63, 3.8) is 0 Å². The highest BCUT2D eigenvalue weighted by molar-refractivity contribution is 6.04. The quantitative estimate of drug-likeness (QED) is 0.910. The molecule has 0 radical (unpaired) electrons. The van der Waals surface area contributed by atoms with Gasteiger partial charge in [-0.25, -0.2) is 4.98 Å². The maximum absolute atomic E-state index is 12.0. The number of rotatable bonds is 3. The van der Waals surface area contributed by atoms with E-state index in [1.54, 1.807) is 37.4 Å². The Hall–Kier alpha value is -2.87. The molecule has 5 heteroatoms. The number of aromatic nitrogens is 1. The molecule has 2 aromatic rings. The maximum Gasteiger partial charge on any atom is 0.255 e. The van der Waals surface area contributed by atoms with Crippen molar-refractivity contribution in [2.24, 2.45) is 0 Å². The highest BCUT2D eigenvalue weighted by atomic mass is 16.5. The number of nitriles is 1. The zero-order valence-corrected chi connectivity index (χ0v) is 10.3. The molecule has 0 saturated carbocycles. The molecule has 1 heterocycles. The SMILES string of the molecule is COc1cccc(NC(=O)c2ccnc(C#N)c2)c1. The van der Waals surface area contributed by atoms with Gasteiger partial charge in [0.25, 0.3) is 5.91 Å². The first-order valence-electron chi connectivity index (χ1n) is 5.54. The third-order valence-corrected chi connectivity index (χ3v) is 2.46. The van der Waals surface area contributed by atoms with Crippen LogP contribution in [0.15, 0.2) is 42.6 Å². The fraction of sp³-hybridized carbons (Fsp3) is 0.0714. The molecule has 0 bridgehead atoms. The van der Waals surface area contributed by atoms with Crippen LogP contribution in [-0.4, -0.2) is 18.0 Å². The van der Waals surface area contributed by atoms with Gasteiger partial charge in [-0.15, -0.1) is 0 Å². The lowest BCUT2D eigenvalue weighted by molar-refractivity contribution is 0.102. The highest BCUT2D eigenvalue weighted by Gasteiger charge is 2.07. The zero-order valence-electron chi connectivity index (χ0n) is 10.3. The van der Waals surface area contributed by atoms with E-state index in [0.29, 0.717) is 17.0 Å². The third kappa shape index (κ3) is 3.07. The zero-order chi connectivity index (χ0) is 13.7. The summed E-state index contributed by atoms with van der Waals surface area (Å²) in [6.07, 6.45) is 1.43. The van der Waals surface area contributed by atoms with E-state index in [-0.39, 0.29) is 11.6 Å². The minimum absolute atomic E-state index is 0.207. The lowest BCUT2D eigenvalue weighted by atomic mass is 10.2. The van der Waals surface area contributed by atoms with E-state index in [1.165, 1.54) is 12.3 Å². The molecule has 0 unspecified atom stereocenters. The summed E-state index contributed by atoms with van der Waals surface area (Å²) in [5.74, 6) is 0.359. The Bertz CT molecular complexity index is 647. The Kier molecular flexibility index (Phi) is 3.74. The molecule has 2 rings (SSSR count). The number of ether oxygens (including phenoxy) is 1. The second kappa shape index (κ2) is 5.65. The largest absolute Gasteiger partial charge is 0.497 e. The minimum Gasteiger partial charge on any atom is -0.497 e. The fourth-order valence-electron chi connectivity index (χ4n) is 1.54. The summed E-state index contributed by atoms with van der Waals surface area (Å²) in [6, 6.07) is 11.9. The maximum atomic E-state index is 12.0. The van der Waals surface area contributed by atoms with Crippen LogP contribution in [0.3, 0.4) is 0 Å². The van der Waals surface area contributed by atoms with E-state index in [2.05, 4.69) is 10.3 Å². The van der Waals surface area contributed by atoms with Crippen LogP contribution >= 0.6 is 0 Å². The van der Waals surface area contributed by atoms with Crippen LogP contribution in [0.1, 0.15) is 16.1 Å². The first-order chi connectivity index (χ1) is 9.22. The molecular formula is C14H11N3O2. The van der Waals surface area contributed by atoms with Crippen molar-refractivity contribution in [2.75, 3.05) is 12.4 Å². The van der Waals surface area contributed by atoms with Crippen LogP contribution in [0.5, 0.6) is 5.75 Å². The van der Waals surface area contributed by atoms with E-state index in [0.717, 1.165) is 0 Å². The molecule has 0 aliphatic heterocycles. The Balaban J connectivity index is 2.18. The summed E-state index contributed by atoms with van der Waals surface area (Å²) < 4.78 is 5.07. The summed E-state index contributed by atoms with van der Waals surface area (Å²) in [4.78, 5) is 15.8. The van der Waals surface area contributed by atoms with Crippen molar-refractivity contribution in [3.8, 4) is 11.8 Å². The van der Waals surface area contributed by atoms with Crippen molar-refractivity contribution in [1.29, 1.82) is 5.26 Å². The number of amides is 1. The van der Waals surface area contributed by atoms with Crippen molar-refractivity contribution in [1.82, 2.24) is 4.98 Å². The molecule has 1 aromatic heterocycles. The van der Waals surface area contributed by atoms with Gasteiger partial charge >= 0.3 is 0 Å². The van der Waals surface area contributed by atoms with Gasteiger partial charge < -0.3 is 10.1 Å². The molecular weight excluding hydrogens is 242 g/mol. The number of carbonyl (C=O) groups excluding carboxylic acids is 1. The molecule has 0 saturated heterocycles. The van der Waals surface area contributed by atoms with Crippen LogP contribution in [0.25, 0.3) is 0 Å². The Labute approximate surface area is 110 Å². The second-order valence-corrected chi connectivity index (χ2v) is 3.73. The van der Waals surface area contributed by atoms with Gasteiger partial charge in [0, 0.05) is 23.5 Å². The number of nitrogens with one attached hydrogen (secondary N) is 1. The molecule has 1 N–H and O–H groups in total. The van der Waals surface area contributed by atoms with Crippen molar-refractivity contribution in [2.45, 2.75) is 0 Å². The third-order valence-electron chi connectivity index (χ3n) is 2.46. The van der Waals surface area contributed by atoms with Crippen LogP contribution in [-0.2, 0) is 0 Å². The predicted molar refractivity (Wildman–Crippen MR) is 69.9 cm³/mol. The summed E-state index contributed by atoms with van der Waals surface area (Å²) in [7, 11) is 1.56.